The van der Waals surface area contributed by atoms with E-state index in [0.717, 1.165) is 30.5 Å². The second-order valence-corrected chi connectivity index (χ2v) is 7.57. The highest BCUT2D eigenvalue weighted by Gasteiger charge is 2.34. The molecule has 1 saturated heterocycles. The van der Waals surface area contributed by atoms with Crippen LogP contribution >= 0.6 is 12.4 Å². The van der Waals surface area contributed by atoms with E-state index in [4.69, 9.17) is 4.74 Å². The quantitative estimate of drug-likeness (QED) is 0.822. The van der Waals surface area contributed by atoms with Gasteiger partial charge in [-0.05, 0) is 44.9 Å². The van der Waals surface area contributed by atoms with Gasteiger partial charge in [0.1, 0.15) is 0 Å². The Hall–Kier alpha value is -0.660. The highest BCUT2D eigenvalue weighted by atomic mass is 35.5. The van der Waals surface area contributed by atoms with Crippen molar-refractivity contribution in [2.45, 2.75) is 37.1 Å². The van der Waals surface area contributed by atoms with E-state index in [1.54, 1.807) is 13.2 Å². The lowest BCUT2D eigenvalue weighted by Crippen LogP contribution is -2.52. The number of hydrogen-bond acceptors (Lipinski definition) is 4. The topological polar surface area (TPSA) is 67.4 Å². The molecule has 0 amide bonds. The molecule has 126 valence electrons. The number of aryl methyl sites for hydroxylation is 2. The minimum Gasteiger partial charge on any atom is -0.383 e. The van der Waals surface area contributed by atoms with Crippen LogP contribution in [0.15, 0.2) is 23.1 Å². The number of methoxy groups -OCH3 is 1. The van der Waals surface area contributed by atoms with E-state index in [0.29, 0.717) is 18.0 Å². The normalized spacial score (nSPS) is 21.6. The number of rotatable bonds is 6. The van der Waals surface area contributed by atoms with Gasteiger partial charge in [0.05, 0.1) is 17.0 Å². The lowest BCUT2D eigenvalue weighted by atomic mass is 9.99. The lowest BCUT2D eigenvalue weighted by Gasteiger charge is -2.29. The molecular formula is C15H25ClN2O3S. The Kier molecular flexibility index (Phi) is 6.83. The van der Waals surface area contributed by atoms with Crippen LogP contribution in [-0.2, 0) is 14.8 Å². The van der Waals surface area contributed by atoms with Gasteiger partial charge in [-0.3, -0.25) is 0 Å². The van der Waals surface area contributed by atoms with Crippen molar-refractivity contribution in [2.24, 2.45) is 0 Å². The molecule has 1 aromatic carbocycles. The standard InChI is InChI=1S/C15H24N2O3S.ClH/c1-12-5-6-14(13(2)9-12)21(18,19)17-10-15(11-20-3)7-4-8-16-15;/h5-6,9,16-17H,4,7-8,10-11H2,1-3H3;1H. The van der Waals surface area contributed by atoms with Gasteiger partial charge in [0, 0.05) is 13.7 Å². The highest BCUT2D eigenvalue weighted by Crippen LogP contribution is 2.21. The number of halogens is 1. The first kappa shape index (κ1) is 19.4. The molecular weight excluding hydrogens is 324 g/mol. The number of sulfonamides is 1. The molecule has 22 heavy (non-hydrogen) atoms. The van der Waals surface area contributed by atoms with Gasteiger partial charge >= 0.3 is 0 Å². The third-order valence-corrected chi connectivity index (χ3v) is 5.53. The van der Waals surface area contributed by atoms with E-state index in [1.165, 1.54) is 0 Å². The molecule has 5 nitrogen and oxygen atoms in total. The third kappa shape index (κ3) is 4.43. The minimum atomic E-state index is -3.50. The Morgan fingerprint density at radius 2 is 2.09 bits per heavy atom. The van der Waals surface area contributed by atoms with Gasteiger partial charge in [0.2, 0.25) is 10.0 Å². The Labute approximate surface area is 139 Å². The van der Waals surface area contributed by atoms with E-state index in [9.17, 15) is 8.42 Å². The number of nitrogens with one attached hydrogen (secondary N) is 2. The lowest BCUT2D eigenvalue weighted by molar-refractivity contribution is 0.122. The van der Waals surface area contributed by atoms with Crippen molar-refractivity contribution in [1.82, 2.24) is 10.0 Å². The van der Waals surface area contributed by atoms with Crippen molar-refractivity contribution < 1.29 is 13.2 Å². The maximum absolute atomic E-state index is 12.5. The van der Waals surface area contributed by atoms with Crippen LogP contribution in [0.5, 0.6) is 0 Å². The van der Waals surface area contributed by atoms with Crippen LogP contribution in [0.4, 0.5) is 0 Å². The van der Waals surface area contributed by atoms with Gasteiger partial charge < -0.3 is 10.1 Å². The van der Waals surface area contributed by atoms with Crippen LogP contribution in [0.3, 0.4) is 0 Å². The molecule has 2 N–H and O–H groups in total. The average Bonchev–Trinajstić information content (AvgIpc) is 2.86. The van der Waals surface area contributed by atoms with E-state index in [2.05, 4.69) is 10.0 Å². The maximum Gasteiger partial charge on any atom is 0.240 e. The van der Waals surface area contributed by atoms with Crippen LogP contribution in [0.1, 0.15) is 24.0 Å². The summed E-state index contributed by atoms with van der Waals surface area (Å²) in [4.78, 5) is 0.346. The summed E-state index contributed by atoms with van der Waals surface area (Å²) in [7, 11) is -1.86. The molecule has 1 fully saturated rings. The summed E-state index contributed by atoms with van der Waals surface area (Å²) in [6.07, 6.45) is 1.95. The molecule has 2 rings (SSSR count). The molecule has 0 bridgehead atoms. The summed E-state index contributed by atoms with van der Waals surface area (Å²) in [6.45, 7) is 5.51. The minimum absolute atomic E-state index is 0. The molecule has 7 heteroatoms. The van der Waals surface area contributed by atoms with Crippen LogP contribution in [0.25, 0.3) is 0 Å². The summed E-state index contributed by atoms with van der Waals surface area (Å²) in [5.41, 5.74) is 1.53. The Balaban J connectivity index is 0.00000242. The van der Waals surface area contributed by atoms with Crippen molar-refractivity contribution in [3.63, 3.8) is 0 Å². The van der Waals surface area contributed by atoms with Gasteiger partial charge in [0.25, 0.3) is 0 Å². The first-order valence-corrected chi connectivity index (χ1v) is 8.68. The maximum atomic E-state index is 12.5. The molecule has 0 radical (unpaired) electrons. The molecule has 1 aliphatic heterocycles. The smallest absolute Gasteiger partial charge is 0.240 e. The average molecular weight is 349 g/mol. The van der Waals surface area contributed by atoms with Crippen molar-refractivity contribution in [3.8, 4) is 0 Å². The van der Waals surface area contributed by atoms with Gasteiger partial charge in [-0.15, -0.1) is 12.4 Å². The van der Waals surface area contributed by atoms with Crippen molar-refractivity contribution in [3.05, 3.63) is 29.3 Å². The molecule has 1 heterocycles. The molecule has 1 unspecified atom stereocenters. The molecule has 1 atom stereocenters. The monoisotopic (exact) mass is 348 g/mol. The van der Waals surface area contributed by atoms with Crippen LogP contribution in [-0.4, -0.2) is 40.8 Å². The third-order valence-electron chi connectivity index (χ3n) is 3.97. The predicted octanol–water partition coefficient (Wildman–Crippen LogP) is 1.77. The Morgan fingerprint density at radius 1 is 1.36 bits per heavy atom. The van der Waals surface area contributed by atoms with Crippen LogP contribution in [0.2, 0.25) is 0 Å². The van der Waals surface area contributed by atoms with Gasteiger partial charge in [-0.1, -0.05) is 17.7 Å². The zero-order chi connectivity index (χ0) is 15.5. The Morgan fingerprint density at radius 3 is 2.64 bits per heavy atom. The SMILES string of the molecule is COCC1(CNS(=O)(=O)c2ccc(C)cc2C)CCCN1.Cl. The van der Waals surface area contributed by atoms with Gasteiger partial charge in [-0.2, -0.15) is 0 Å². The van der Waals surface area contributed by atoms with Gasteiger partial charge in [0.15, 0.2) is 0 Å². The highest BCUT2D eigenvalue weighted by molar-refractivity contribution is 7.89. The van der Waals surface area contributed by atoms with Crippen molar-refractivity contribution in [2.75, 3.05) is 26.8 Å². The number of hydrogen-bond donors (Lipinski definition) is 2. The predicted molar refractivity (Wildman–Crippen MR) is 90.2 cm³/mol. The molecule has 0 spiro atoms. The second-order valence-electron chi connectivity index (χ2n) is 5.84. The Bertz CT molecular complexity index is 599. The van der Waals surface area contributed by atoms with Crippen LogP contribution < -0.4 is 10.0 Å². The second kappa shape index (κ2) is 7.75. The first-order valence-electron chi connectivity index (χ1n) is 7.19. The number of ether oxygens (including phenoxy) is 1. The van der Waals surface area contributed by atoms with Gasteiger partial charge in [-0.25, -0.2) is 13.1 Å². The zero-order valence-electron chi connectivity index (χ0n) is 13.3. The zero-order valence-corrected chi connectivity index (χ0v) is 14.9. The molecule has 0 aromatic heterocycles. The largest absolute Gasteiger partial charge is 0.383 e. The molecule has 0 aliphatic carbocycles. The van der Waals surface area contributed by atoms with Crippen molar-refractivity contribution in [1.29, 1.82) is 0 Å². The summed E-state index contributed by atoms with van der Waals surface area (Å²) >= 11 is 0. The molecule has 1 aliphatic rings. The summed E-state index contributed by atoms with van der Waals surface area (Å²) < 4.78 is 33.0. The fraction of sp³-hybridized carbons (Fsp3) is 0.600. The number of benzene rings is 1. The fourth-order valence-electron chi connectivity index (χ4n) is 2.88. The van der Waals surface area contributed by atoms with E-state index < -0.39 is 10.0 Å². The fourth-order valence-corrected chi connectivity index (χ4v) is 4.23. The summed E-state index contributed by atoms with van der Waals surface area (Å²) in [5, 5.41) is 3.37. The van der Waals surface area contributed by atoms with E-state index in [-0.39, 0.29) is 17.9 Å². The first-order chi connectivity index (χ1) is 9.88. The molecule has 0 saturated carbocycles. The molecule has 1 aromatic rings. The van der Waals surface area contributed by atoms with Crippen LogP contribution in [0, 0.1) is 13.8 Å². The summed E-state index contributed by atoms with van der Waals surface area (Å²) in [6, 6.07) is 5.37. The summed E-state index contributed by atoms with van der Waals surface area (Å²) in [5.74, 6) is 0. The van der Waals surface area contributed by atoms with E-state index in [1.807, 2.05) is 26.0 Å². The van der Waals surface area contributed by atoms with E-state index >= 15 is 0 Å². The van der Waals surface area contributed by atoms with Crippen molar-refractivity contribution >= 4 is 22.4 Å².